The highest BCUT2D eigenvalue weighted by atomic mass is 79.9. The van der Waals surface area contributed by atoms with Crippen LogP contribution in [-0.2, 0) is 22.6 Å². The first-order valence-electron chi connectivity index (χ1n) is 11.5. The third-order valence-electron chi connectivity index (χ3n) is 6.49. The van der Waals surface area contributed by atoms with E-state index in [1.165, 1.54) is 12.0 Å². The summed E-state index contributed by atoms with van der Waals surface area (Å²) in [6, 6.07) is 16.8. The van der Waals surface area contributed by atoms with Gasteiger partial charge in [0.25, 0.3) is 11.7 Å². The summed E-state index contributed by atoms with van der Waals surface area (Å²) in [6.07, 6.45) is 0.709. The Hall–Kier alpha value is -3.78. The number of likely N-dealkylation sites (tertiary alicyclic amines) is 1. The maximum Gasteiger partial charge on any atom is 0.295 e. The van der Waals surface area contributed by atoms with E-state index in [0.29, 0.717) is 22.0 Å². The second kappa shape index (κ2) is 9.35. The molecule has 0 aliphatic carbocycles. The number of halogens is 1. The number of carbonyl (C=O) groups is 2. The van der Waals surface area contributed by atoms with Crippen molar-refractivity contribution in [2.45, 2.75) is 32.0 Å². The standard InChI is InChI=1S/C28H24BrNO6/c1-15-10-18-11-17(8-9-21(18)36-15)25(31)23-24(19-12-20(29)26(32)22(13-19)35-2)30(28(34)27(23)33)14-16-6-4-3-5-7-16/h3-9,11-13,15,24,31-32H,10,14H2,1-2H3/b25-23+/t15-,24-/m1/s1. The predicted octanol–water partition coefficient (Wildman–Crippen LogP) is 5.11. The third kappa shape index (κ3) is 4.11. The van der Waals surface area contributed by atoms with Crippen molar-refractivity contribution < 1.29 is 29.3 Å². The molecule has 0 spiro atoms. The number of amides is 1. The van der Waals surface area contributed by atoms with E-state index in [4.69, 9.17) is 9.47 Å². The van der Waals surface area contributed by atoms with Gasteiger partial charge in [-0.05, 0) is 69.9 Å². The molecule has 3 aromatic carbocycles. The SMILES string of the molecule is COc1cc([C@@H]2/C(=C(\O)c3ccc4c(c3)C[C@@H](C)O4)C(=O)C(=O)N2Cc2ccccc2)cc(Br)c1O. The van der Waals surface area contributed by atoms with Crippen molar-refractivity contribution >= 4 is 33.4 Å². The number of hydrogen-bond acceptors (Lipinski definition) is 6. The molecule has 36 heavy (non-hydrogen) atoms. The summed E-state index contributed by atoms with van der Waals surface area (Å²) in [6.45, 7) is 2.12. The highest BCUT2D eigenvalue weighted by Crippen LogP contribution is 2.45. The predicted molar refractivity (Wildman–Crippen MR) is 137 cm³/mol. The van der Waals surface area contributed by atoms with Gasteiger partial charge in [-0.2, -0.15) is 0 Å². The van der Waals surface area contributed by atoms with E-state index in [0.717, 1.165) is 16.9 Å². The molecule has 184 valence electrons. The molecule has 3 aromatic rings. The molecule has 0 radical (unpaired) electrons. The number of phenols is 1. The van der Waals surface area contributed by atoms with Gasteiger partial charge in [-0.15, -0.1) is 0 Å². The number of Topliss-reactive ketones (excluding diaryl/α,β-unsaturated/α-hetero) is 1. The van der Waals surface area contributed by atoms with Crippen molar-refractivity contribution in [2.75, 3.05) is 7.11 Å². The van der Waals surface area contributed by atoms with Gasteiger partial charge in [0.05, 0.1) is 23.2 Å². The molecule has 0 saturated carbocycles. The highest BCUT2D eigenvalue weighted by Gasteiger charge is 2.46. The highest BCUT2D eigenvalue weighted by molar-refractivity contribution is 9.10. The average molecular weight is 550 g/mol. The molecule has 2 N–H and O–H groups in total. The van der Waals surface area contributed by atoms with Gasteiger partial charge in [0.2, 0.25) is 0 Å². The topological polar surface area (TPSA) is 96.3 Å². The summed E-state index contributed by atoms with van der Waals surface area (Å²) in [4.78, 5) is 28.1. The summed E-state index contributed by atoms with van der Waals surface area (Å²) in [5, 5.41) is 21.8. The van der Waals surface area contributed by atoms with Gasteiger partial charge in [0.1, 0.15) is 17.6 Å². The Morgan fingerprint density at radius 1 is 1.14 bits per heavy atom. The molecule has 2 aliphatic rings. The van der Waals surface area contributed by atoms with E-state index in [1.807, 2.05) is 37.3 Å². The lowest BCUT2D eigenvalue weighted by Gasteiger charge is -2.26. The Balaban J connectivity index is 1.68. The minimum atomic E-state index is -0.903. The van der Waals surface area contributed by atoms with E-state index in [9.17, 15) is 19.8 Å². The number of aliphatic hydroxyl groups is 1. The molecule has 0 unspecified atom stereocenters. The molecule has 1 saturated heterocycles. The van der Waals surface area contributed by atoms with Gasteiger partial charge < -0.3 is 24.6 Å². The number of nitrogens with zero attached hydrogens (tertiary/aromatic N) is 1. The molecule has 1 fully saturated rings. The van der Waals surface area contributed by atoms with Gasteiger partial charge >= 0.3 is 0 Å². The molecule has 0 aromatic heterocycles. The van der Waals surface area contributed by atoms with Gasteiger partial charge in [0.15, 0.2) is 11.5 Å². The summed E-state index contributed by atoms with van der Waals surface area (Å²) >= 11 is 3.33. The second-order valence-electron chi connectivity index (χ2n) is 8.92. The van der Waals surface area contributed by atoms with Gasteiger partial charge in [-0.1, -0.05) is 30.3 Å². The lowest BCUT2D eigenvalue weighted by molar-refractivity contribution is -0.140. The fraction of sp³-hybridized carbons (Fsp3) is 0.214. The van der Waals surface area contributed by atoms with Crippen molar-refractivity contribution in [3.63, 3.8) is 0 Å². The van der Waals surface area contributed by atoms with Crippen LogP contribution in [0.15, 0.2) is 70.7 Å². The molecule has 1 amide bonds. The summed E-state index contributed by atoms with van der Waals surface area (Å²) in [7, 11) is 1.42. The zero-order chi connectivity index (χ0) is 25.6. The molecule has 2 heterocycles. The Morgan fingerprint density at radius 3 is 2.61 bits per heavy atom. The number of aromatic hydroxyl groups is 1. The molecule has 2 aliphatic heterocycles. The number of benzene rings is 3. The van der Waals surface area contributed by atoms with Gasteiger partial charge in [-0.25, -0.2) is 0 Å². The number of aliphatic hydroxyl groups excluding tert-OH is 1. The van der Waals surface area contributed by atoms with Gasteiger partial charge in [-0.3, -0.25) is 9.59 Å². The monoisotopic (exact) mass is 549 g/mol. The summed E-state index contributed by atoms with van der Waals surface area (Å²) in [5.41, 5.74) is 2.67. The largest absolute Gasteiger partial charge is 0.507 e. The first kappa shape index (κ1) is 23.9. The van der Waals surface area contributed by atoms with E-state index < -0.39 is 17.7 Å². The smallest absolute Gasteiger partial charge is 0.295 e. The zero-order valence-corrected chi connectivity index (χ0v) is 21.3. The number of ether oxygens (including phenoxy) is 2. The maximum absolute atomic E-state index is 13.4. The van der Waals surface area contributed by atoms with Crippen LogP contribution in [-0.4, -0.2) is 40.0 Å². The minimum Gasteiger partial charge on any atom is -0.507 e. The van der Waals surface area contributed by atoms with Crippen molar-refractivity contribution in [3.05, 3.63) is 93.0 Å². The molecular weight excluding hydrogens is 526 g/mol. The van der Waals surface area contributed by atoms with Crippen LogP contribution >= 0.6 is 15.9 Å². The van der Waals surface area contributed by atoms with Crippen LogP contribution in [0, 0.1) is 0 Å². The normalized spacial score (nSPS) is 20.4. The second-order valence-corrected chi connectivity index (χ2v) is 9.78. The van der Waals surface area contributed by atoms with Crippen molar-refractivity contribution in [1.29, 1.82) is 0 Å². The van der Waals surface area contributed by atoms with Crippen LogP contribution in [0.4, 0.5) is 0 Å². The number of methoxy groups -OCH3 is 1. The lowest BCUT2D eigenvalue weighted by Crippen LogP contribution is -2.29. The van der Waals surface area contributed by atoms with Crippen LogP contribution in [0.2, 0.25) is 0 Å². The summed E-state index contributed by atoms with van der Waals surface area (Å²) < 4.78 is 11.4. The zero-order valence-electron chi connectivity index (χ0n) is 19.7. The van der Waals surface area contributed by atoms with Crippen LogP contribution in [0.5, 0.6) is 17.2 Å². The molecule has 0 bridgehead atoms. The van der Waals surface area contributed by atoms with Gasteiger partial charge in [0, 0.05) is 18.5 Å². The Labute approximate surface area is 216 Å². The molecule has 8 heteroatoms. The number of carbonyl (C=O) groups excluding carboxylic acids is 2. The van der Waals surface area contributed by atoms with Crippen molar-refractivity contribution in [3.8, 4) is 17.2 Å². The molecule has 7 nitrogen and oxygen atoms in total. The van der Waals surface area contributed by atoms with E-state index >= 15 is 0 Å². The fourth-order valence-corrected chi connectivity index (χ4v) is 5.26. The van der Waals surface area contributed by atoms with Crippen LogP contribution < -0.4 is 9.47 Å². The fourth-order valence-electron chi connectivity index (χ4n) is 4.80. The maximum atomic E-state index is 13.4. The number of hydrogen-bond donors (Lipinski definition) is 2. The molecule has 5 rings (SSSR count). The Morgan fingerprint density at radius 2 is 1.89 bits per heavy atom. The van der Waals surface area contributed by atoms with Crippen molar-refractivity contribution in [1.82, 2.24) is 4.90 Å². The van der Waals surface area contributed by atoms with E-state index in [-0.39, 0.29) is 35.5 Å². The Bertz CT molecular complexity index is 1400. The quantitative estimate of drug-likeness (QED) is 0.261. The molecular formula is C28H24BrNO6. The van der Waals surface area contributed by atoms with Crippen LogP contribution in [0.3, 0.4) is 0 Å². The first-order chi connectivity index (χ1) is 17.3. The number of phenolic OH excluding ortho intramolecular Hbond substituents is 1. The Kier molecular flexibility index (Phi) is 6.22. The molecule has 2 atom stereocenters. The number of fused-ring (bicyclic) bond motifs is 1. The minimum absolute atomic E-state index is 0.0238. The lowest BCUT2D eigenvalue weighted by atomic mass is 9.94. The van der Waals surface area contributed by atoms with Crippen LogP contribution in [0.1, 0.15) is 35.2 Å². The third-order valence-corrected chi connectivity index (χ3v) is 7.10. The first-order valence-corrected chi connectivity index (χ1v) is 12.3. The summed E-state index contributed by atoms with van der Waals surface area (Å²) in [5.74, 6) is -0.942. The average Bonchev–Trinajstić information content (AvgIpc) is 3.37. The number of ketones is 1. The van der Waals surface area contributed by atoms with Crippen LogP contribution in [0.25, 0.3) is 5.76 Å². The van der Waals surface area contributed by atoms with E-state index in [1.54, 1.807) is 30.3 Å². The van der Waals surface area contributed by atoms with E-state index in [2.05, 4.69) is 15.9 Å². The van der Waals surface area contributed by atoms with Crippen molar-refractivity contribution in [2.24, 2.45) is 0 Å². The number of rotatable bonds is 5.